The molecule has 0 atom stereocenters. The van der Waals surface area contributed by atoms with E-state index in [1.54, 1.807) is 6.92 Å². The second kappa shape index (κ2) is 3.00. The van der Waals surface area contributed by atoms with Crippen molar-refractivity contribution in [2.45, 2.75) is 6.92 Å². The number of aromatic nitrogens is 2. The molecule has 0 bridgehead atoms. The van der Waals surface area contributed by atoms with Gasteiger partial charge in [0.05, 0.1) is 6.61 Å². The Labute approximate surface area is 61.9 Å². The fourth-order valence-electron chi connectivity index (χ4n) is 0.540. The van der Waals surface area contributed by atoms with E-state index in [2.05, 4.69) is 14.5 Å². The van der Waals surface area contributed by atoms with Gasteiger partial charge in [-0.1, -0.05) is 0 Å². The average molecular weight is 158 g/mol. The summed E-state index contributed by atoms with van der Waals surface area (Å²) >= 11 is 0. The summed E-state index contributed by atoms with van der Waals surface area (Å²) in [5, 5.41) is 13.6. The zero-order chi connectivity index (χ0) is 8.27. The topological polar surface area (TPSA) is 79.3 Å². The second-order valence-electron chi connectivity index (χ2n) is 1.68. The number of nitrogens with zero attached hydrogens (tertiary/aromatic N) is 2. The minimum absolute atomic E-state index is 0.00199. The van der Waals surface area contributed by atoms with Crippen LogP contribution in [0.1, 0.15) is 17.4 Å². The van der Waals surface area contributed by atoms with Crippen LogP contribution >= 0.6 is 0 Å². The van der Waals surface area contributed by atoms with Crippen LogP contribution in [0.4, 0.5) is 0 Å². The number of esters is 1. The number of hydrogen-bond acceptors (Lipinski definition) is 5. The summed E-state index contributed by atoms with van der Waals surface area (Å²) in [4.78, 5) is 10.8. The molecular formula is C5H6N2O4. The van der Waals surface area contributed by atoms with E-state index in [1.807, 2.05) is 0 Å². The molecule has 0 aliphatic rings. The van der Waals surface area contributed by atoms with Crippen molar-refractivity contribution in [3.8, 4) is 0 Å². The van der Waals surface area contributed by atoms with Gasteiger partial charge in [0.15, 0.2) is 0 Å². The third kappa shape index (κ3) is 1.46. The second-order valence-corrected chi connectivity index (χ2v) is 1.68. The quantitative estimate of drug-likeness (QED) is 0.427. The van der Waals surface area contributed by atoms with Crippen LogP contribution in [-0.2, 0) is 4.74 Å². The third-order valence-corrected chi connectivity index (χ3v) is 0.978. The van der Waals surface area contributed by atoms with Crippen LogP contribution in [0.3, 0.4) is 0 Å². The highest BCUT2D eigenvalue weighted by atomic mass is 16.8. The van der Waals surface area contributed by atoms with Gasteiger partial charge in [0, 0.05) is 5.16 Å². The van der Waals surface area contributed by atoms with Gasteiger partial charge in [-0.2, -0.15) is 0 Å². The maximum absolute atomic E-state index is 10.8. The number of ether oxygens (including phenoxy) is 1. The fourth-order valence-corrected chi connectivity index (χ4v) is 0.540. The summed E-state index contributed by atoms with van der Waals surface area (Å²) in [6.45, 7) is 1.85. The Balaban J connectivity index is 2.76. The van der Waals surface area contributed by atoms with Gasteiger partial charge in [-0.25, -0.2) is 4.79 Å². The number of carbonyl (C=O) groups is 1. The minimum Gasteiger partial charge on any atom is -0.460 e. The van der Waals surface area contributed by atoms with E-state index in [9.17, 15) is 10.0 Å². The highest BCUT2D eigenvalue weighted by Gasteiger charge is 2.17. The predicted octanol–water partition coefficient (Wildman–Crippen LogP) is -0.515. The largest absolute Gasteiger partial charge is 0.460 e. The van der Waals surface area contributed by atoms with E-state index >= 15 is 0 Å². The summed E-state index contributed by atoms with van der Waals surface area (Å²) in [7, 11) is 0. The summed E-state index contributed by atoms with van der Waals surface area (Å²) < 4.78 is 8.55. The molecule has 0 aliphatic heterocycles. The zero-order valence-electron chi connectivity index (χ0n) is 5.81. The van der Waals surface area contributed by atoms with Crippen molar-refractivity contribution in [3.63, 3.8) is 0 Å². The highest BCUT2D eigenvalue weighted by Crippen LogP contribution is 1.91. The number of rotatable bonds is 2. The van der Waals surface area contributed by atoms with Crippen LogP contribution in [0.2, 0.25) is 0 Å². The van der Waals surface area contributed by atoms with Gasteiger partial charge < -0.3 is 9.94 Å². The van der Waals surface area contributed by atoms with Gasteiger partial charge >= 0.3 is 11.7 Å². The smallest absolute Gasteiger partial charge is 0.386 e. The predicted molar refractivity (Wildman–Crippen MR) is 31.4 cm³/mol. The maximum Gasteiger partial charge on any atom is 0.386 e. The van der Waals surface area contributed by atoms with Crippen LogP contribution in [-0.4, -0.2) is 17.7 Å². The van der Waals surface area contributed by atoms with Crippen LogP contribution in [0, 0.1) is 5.21 Å². The number of hydrogen-bond donors (Lipinski definition) is 0. The fraction of sp³-hybridized carbons (Fsp3) is 0.400. The Morgan fingerprint density at radius 2 is 2.73 bits per heavy atom. The molecule has 0 N–H and O–H groups in total. The van der Waals surface area contributed by atoms with Crippen molar-refractivity contribution in [1.29, 1.82) is 0 Å². The Morgan fingerprint density at radius 3 is 3.18 bits per heavy atom. The molecule has 0 aromatic carbocycles. The molecule has 6 heteroatoms. The van der Waals surface area contributed by atoms with Crippen molar-refractivity contribution < 1.29 is 19.1 Å². The maximum atomic E-state index is 10.8. The normalized spacial score (nSPS) is 9.55. The first-order valence-electron chi connectivity index (χ1n) is 2.97. The van der Waals surface area contributed by atoms with Gasteiger partial charge in [0.25, 0.3) is 0 Å². The Hall–Kier alpha value is -1.59. The molecule has 11 heavy (non-hydrogen) atoms. The Kier molecular flexibility index (Phi) is 2.05. The Bertz CT molecular complexity index is 257. The molecule has 0 amide bonds. The standard InChI is InChI=1S/C5H6N2O4/c1-2-10-5(8)4-3-6-11-7(4)9/h3H,2H2,1H3. The molecule has 0 saturated carbocycles. The van der Waals surface area contributed by atoms with Crippen LogP contribution in [0.5, 0.6) is 0 Å². The molecule has 0 radical (unpaired) electrons. The minimum atomic E-state index is -0.733. The lowest BCUT2D eigenvalue weighted by atomic mass is 10.5. The van der Waals surface area contributed by atoms with Gasteiger partial charge in [0.1, 0.15) is 0 Å². The molecule has 6 nitrogen and oxygen atoms in total. The lowest BCUT2D eigenvalue weighted by molar-refractivity contribution is -0.804. The van der Waals surface area contributed by atoms with Gasteiger partial charge in [-0.05, 0) is 11.8 Å². The molecular weight excluding hydrogens is 152 g/mol. The van der Waals surface area contributed by atoms with Crippen molar-refractivity contribution in [2.75, 3.05) is 6.61 Å². The highest BCUT2D eigenvalue weighted by molar-refractivity contribution is 5.85. The van der Waals surface area contributed by atoms with Crippen LogP contribution in [0.15, 0.2) is 10.8 Å². The van der Waals surface area contributed by atoms with Crippen molar-refractivity contribution in [3.05, 3.63) is 17.1 Å². The Morgan fingerprint density at radius 1 is 2.00 bits per heavy atom. The van der Waals surface area contributed by atoms with E-state index in [4.69, 9.17) is 0 Å². The molecule has 1 rings (SSSR count). The molecule has 60 valence electrons. The summed E-state index contributed by atoms with van der Waals surface area (Å²) in [5.41, 5.74) is -0.244. The molecule has 0 aliphatic carbocycles. The van der Waals surface area contributed by atoms with Crippen molar-refractivity contribution >= 4 is 5.97 Å². The summed E-state index contributed by atoms with van der Waals surface area (Å²) in [6, 6.07) is 0. The average Bonchev–Trinajstić information content (AvgIpc) is 2.36. The molecule has 0 spiro atoms. The summed E-state index contributed by atoms with van der Waals surface area (Å²) in [6.07, 6.45) is 1.00. The third-order valence-electron chi connectivity index (χ3n) is 0.978. The SMILES string of the molecule is CCOC(=O)c1cno[n+]1[O-]. The zero-order valence-corrected chi connectivity index (χ0v) is 5.81. The van der Waals surface area contributed by atoms with Crippen LogP contribution in [0.25, 0.3) is 0 Å². The first kappa shape index (κ1) is 7.52. The molecule has 0 saturated heterocycles. The molecule has 1 heterocycles. The monoisotopic (exact) mass is 158 g/mol. The van der Waals surface area contributed by atoms with E-state index in [-0.39, 0.29) is 17.2 Å². The lowest BCUT2D eigenvalue weighted by Crippen LogP contribution is -2.31. The molecule has 1 aromatic heterocycles. The lowest BCUT2D eigenvalue weighted by Gasteiger charge is -1.95. The summed E-state index contributed by atoms with van der Waals surface area (Å²) in [5.74, 6) is -0.733. The van der Waals surface area contributed by atoms with E-state index in [0.717, 1.165) is 6.20 Å². The molecule has 0 unspecified atom stereocenters. The van der Waals surface area contributed by atoms with E-state index in [0.29, 0.717) is 0 Å². The van der Waals surface area contributed by atoms with Crippen molar-refractivity contribution in [1.82, 2.24) is 5.16 Å². The van der Waals surface area contributed by atoms with E-state index < -0.39 is 5.97 Å². The van der Waals surface area contributed by atoms with Crippen molar-refractivity contribution in [2.24, 2.45) is 0 Å². The first-order valence-corrected chi connectivity index (χ1v) is 2.97. The molecule has 1 aromatic rings. The van der Waals surface area contributed by atoms with Gasteiger partial charge in [0.2, 0.25) is 6.20 Å². The van der Waals surface area contributed by atoms with E-state index in [1.165, 1.54) is 0 Å². The van der Waals surface area contributed by atoms with Crippen LogP contribution < -0.4 is 4.90 Å². The van der Waals surface area contributed by atoms with Gasteiger partial charge in [-0.15, -0.1) is 0 Å². The van der Waals surface area contributed by atoms with Gasteiger partial charge in [-0.3, -0.25) is 4.63 Å². The number of carbonyl (C=O) groups excluding carboxylic acids is 1. The first-order chi connectivity index (χ1) is 5.25. The molecule has 0 fully saturated rings.